The first-order valence-corrected chi connectivity index (χ1v) is 23.2. The fourth-order valence-corrected chi connectivity index (χ4v) is 10.4. The van der Waals surface area contributed by atoms with E-state index in [0.717, 1.165) is 38.6 Å². The Morgan fingerprint density at radius 2 is 0.953 bits per heavy atom. The summed E-state index contributed by atoms with van der Waals surface area (Å²) in [5.74, 6) is 0.285. The zero-order valence-electron chi connectivity index (χ0n) is 37.4. The maximum Gasteiger partial charge on any atom is 0.278 e. The van der Waals surface area contributed by atoms with Crippen molar-refractivity contribution in [2.24, 2.45) is 5.92 Å². The van der Waals surface area contributed by atoms with Crippen LogP contribution in [0, 0.1) is 5.92 Å². The number of hydrogen-bond donors (Lipinski definition) is 0. The molecule has 0 saturated carbocycles. The fourth-order valence-electron chi connectivity index (χ4n) is 9.75. The van der Waals surface area contributed by atoms with Crippen molar-refractivity contribution in [3.8, 4) is 17.2 Å². The minimum absolute atomic E-state index is 0.0380. The van der Waals surface area contributed by atoms with Crippen molar-refractivity contribution < 1.29 is 32.7 Å². The number of morpholine rings is 1. The van der Waals surface area contributed by atoms with Crippen LogP contribution in [0.2, 0.25) is 0 Å². The van der Waals surface area contributed by atoms with Gasteiger partial charge in [0.1, 0.15) is 18.5 Å². The summed E-state index contributed by atoms with van der Waals surface area (Å²) in [6.07, 6.45) is 10.00. The molecule has 22 heteroatoms. The van der Waals surface area contributed by atoms with E-state index in [1.54, 1.807) is 37.5 Å². The van der Waals surface area contributed by atoms with Crippen molar-refractivity contribution >= 4 is 46.1 Å². The largest absolute Gasteiger partial charge is 0.474 e. The predicted molar refractivity (Wildman–Crippen MR) is 251 cm³/mol. The average molecular weight is 944 g/mol. The summed E-state index contributed by atoms with van der Waals surface area (Å²) in [4.78, 5) is 79.9. The van der Waals surface area contributed by atoms with E-state index in [9.17, 15) is 28.8 Å². The molecule has 0 spiro atoms. The lowest BCUT2D eigenvalue weighted by atomic mass is 9.95. The van der Waals surface area contributed by atoms with Crippen LogP contribution in [-0.2, 0) is 4.74 Å². The van der Waals surface area contributed by atoms with Gasteiger partial charge in [-0.3, -0.25) is 57.8 Å². The van der Waals surface area contributed by atoms with Gasteiger partial charge in [0.05, 0.1) is 41.6 Å². The Balaban J connectivity index is 0.000000144. The van der Waals surface area contributed by atoms with Gasteiger partial charge in [-0.25, -0.2) is 0 Å². The maximum atomic E-state index is 12.9. The van der Waals surface area contributed by atoms with Crippen LogP contribution in [0.5, 0.6) is 17.2 Å². The van der Waals surface area contributed by atoms with Gasteiger partial charge in [-0.1, -0.05) is 6.92 Å². The topological polar surface area (TPSA) is 174 Å². The average Bonchev–Trinajstić information content (AvgIpc) is 3.27. The number of carbonyl (C=O) groups excluding carboxylic acids is 3. The molecule has 9 rings (SSSR count). The first-order chi connectivity index (χ1) is 30.6. The van der Waals surface area contributed by atoms with Crippen molar-refractivity contribution in [3.63, 3.8) is 0 Å². The molecule has 6 aliphatic heterocycles. The molecule has 3 amide bonds. The van der Waals surface area contributed by atoms with Crippen LogP contribution in [0.1, 0.15) is 112 Å². The molecular formula is C42H60N9O10P3. The summed E-state index contributed by atoms with van der Waals surface area (Å²) < 4.78 is 26.2. The van der Waals surface area contributed by atoms with Gasteiger partial charge in [0.15, 0.2) is 17.1 Å². The third-order valence-electron chi connectivity index (χ3n) is 12.5. The number of fused-ring (bicyclic) bond motifs is 6. The molecule has 19 nitrogen and oxygen atoms in total. The summed E-state index contributed by atoms with van der Waals surface area (Å²) in [5.41, 5.74) is 0.0563. The van der Waals surface area contributed by atoms with Crippen molar-refractivity contribution in [2.75, 3.05) is 47.9 Å². The monoisotopic (exact) mass is 943 g/mol. The van der Waals surface area contributed by atoms with Crippen molar-refractivity contribution in [1.82, 2.24) is 28.7 Å². The second-order valence-electron chi connectivity index (χ2n) is 17.5. The molecule has 3 aromatic heterocycles. The lowest BCUT2D eigenvalue weighted by molar-refractivity contribution is -0.0195. The zero-order valence-corrected chi connectivity index (χ0v) is 40.9. The highest BCUT2D eigenvalue weighted by Crippen LogP contribution is 2.34. The molecule has 0 radical (unpaired) electrons. The molecule has 7 atom stereocenters. The van der Waals surface area contributed by atoms with Gasteiger partial charge >= 0.3 is 0 Å². The van der Waals surface area contributed by atoms with Crippen LogP contribution in [0.3, 0.4) is 0 Å². The van der Waals surface area contributed by atoms with E-state index in [4.69, 9.17) is 18.3 Å². The molecule has 64 heavy (non-hydrogen) atoms. The Morgan fingerprint density at radius 1 is 0.547 bits per heavy atom. The number of piperidine rings is 2. The standard InChI is InChI=1S/C15H22N3O3P.C14H20N3O3P.C13H18N3O4P/c1-9(2)18-12-5-4-10(3)8-16(12)15(20)13-14(21-22)11(19)6-7-17(13)18;1-9(2)17-11-5-3-4-7-15(11)14(19)12-13(20-21)10(18)6-8-16(12)17;1-8(2)16-10-7-19-6-5-14(10)13(18)11-12(20-21)9(17)3-4-15(11)16/h6-7,9-10,12H,4-5,8,22H2,1-3H3;6,8-9,11H,3-5,7,21H2,1-2H3;3-4,8,10H,5-7,21H2,1-2H3/t10-,12-;11-;10-/m111/s1. The predicted octanol–water partition coefficient (Wildman–Crippen LogP) is 3.08. The van der Waals surface area contributed by atoms with E-state index in [1.165, 1.54) is 18.2 Å². The molecule has 0 aliphatic carbocycles. The molecule has 9 heterocycles. The van der Waals surface area contributed by atoms with E-state index < -0.39 is 0 Å². The van der Waals surface area contributed by atoms with Crippen LogP contribution >= 0.6 is 28.4 Å². The van der Waals surface area contributed by atoms with Crippen LogP contribution in [0.25, 0.3) is 0 Å². The highest BCUT2D eigenvalue weighted by molar-refractivity contribution is 7.10. The number of rotatable bonds is 6. The van der Waals surface area contributed by atoms with Gasteiger partial charge in [-0.2, -0.15) is 0 Å². The molecule has 3 aromatic rings. The minimum atomic E-state index is -0.306. The number of hydrogen-bond acceptors (Lipinski definition) is 13. The number of carbonyl (C=O) groups is 3. The van der Waals surface area contributed by atoms with E-state index in [1.807, 2.05) is 38.1 Å². The van der Waals surface area contributed by atoms with Gasteiger partial charge in [-0.05, 0) is 79.6 Å². The summed E-state index contributed by atoms with van der Waals surface area (Å²) >= 11 is 0. The van der Waals surface area contributed by atoms with Gasteiger partial charge in [0.2, 0.25) is 33.5 Å². The smallest absolute Gasteiger partial charge is 0.278 e. The van der Waals surface area contributed by atoms with Gasteiger partial charge in [0, 0.05) is 74.5 Å². The first kappa shape index (κ1) is 47.3. The van der Waals surface area contributed by atoms with E-state index in [0.29, 0.717) is 43.6 Å². The Bertz CT molecular complexity index is 2330. The van der Waals surface area contributed by atoms with E-state index in [2.05, 4.69) is 63.6 Å². The van der Waals surface area contributed by atoms with Crippen molar-refractivity contribution in [3.05, 3.63) is 84.5 Å². The van der Waals surface area contributed by atoms with Crippen LogP contribution < -0.4 is 44.9 Å². The molecule has 0 N–H and O–H groups in total. The van der Waals surface area contributed by atoms with Crippen LogP contribution in [0.4, 0.5) is 0 Å². The summed E-state index contributed by atoms with van der Waals surface area (Å²) in [6, 6.07) is 4.85. The maximum absolute atomic E-state index is 12.9. The normalized spacial score (nSPS) is 22.4. The third kappa shape index (κ3) is 8.37. The lowest BCUT2D eigenvalue weighted by Gasteiger charge is -2.51. The van der Waals surface area contributed by atoms with Crippen LogP contribution in [-0.4, -0.2) is 116 Å². The molecule has 0 aromatic carbocycles. The number of aromatic nitrogens is 3. The lowest BCUT2D eigenvalue weighted by Crippen LogP contribution is -2.67. The highest BCUT2D eigenvalue weighted by Gasteiger charge is 2.45. The Hall–Kier alpha value is -4.69. The molecule has 3 saturated heterocycles. The number of pyridine rings is 3. The number of nitrogens with zero attached hydrogens (tertiary/aromatic N) is 9. The summed E-state index contributed by atoms with van der Waals surface area (Å²) in [6.45, 7) is 17.5. The zero-order chi connectivity index (χ0) is 46.3. The van der Waals surface area contributed by atoms with E-state index >= 15 is 0 Å². The summed E-state index contributed by atoms with van der Waals surface area (Å²) in [7, 11) is 6.19. The molecule has 0 bridgehead atoms. The Labute approximate surface area is 379 Å². The van der Waals surface area contributed by atoms with Gasteiger partial charge < -0.3 is 33.0 Å². The van der Waals surface area contributed by atoms with Crippen molar-refractivity contribution in [1.29, 1.82) is 0 Å². The van der Waals surface area contributed by atoms with Gasteiger partial charge in [0.25, 0.3) is 17.7 Å². The van der Waals surface area contributed by atoms with E-state index in [-0.39, 0.29) is 93.6 Å². The third-order valence-corrected chi connectivity index (χ3v) is 13.2. The molecule has 6 aliphatic rings. The quantitative estimate of drug-likeness (QED) is 0.331. The molecule has 3 unspecified atom stereocenters. The Morgan fingerprint density at radius 3 is 1.39 bits per heavy atom. The second kappa shape index (κ2) is 19.4. The minimum Gasteiger partial charge on any atom is -0.474 e. The SMILES string of the molecule is CC(C)N1[C@@H]2CCCCN2C(=O)c2c(OP)c(=O)ccn21.CC(C)N1[C@@H]2CC[C@@H](C)CN2C(=O)c2c(OP)c(=O)ccn21.CC(C)N1[C@@H]2COCCN2C(=O)c2c(OP)c(=O)ccn21. The van der Waals surface area contributed by atoms with Crippen LogP contribution in [0.15, 0.2) is 51.2 Å². The Kier molecular flexibility index (Phi) is 14.3. The molecule has 3 fully saturated rings. The summed E-state index contributed by atoms with van der Waals surface area (Å²) in [5, 5.41) is 6.35. The molecular weight excluding hydrogens is 883 g/mol. The van der Waals surface area contributed by atoms with Gasteiger partial charge in [-0.15, -0.1) is 0 Å². The molecule has 348 valence electrons. The number of amides is 3. The fraction of sp³-hybridized carbons (Fsp3) is 0.571. The first-order valence-electron chi connectivity index (χ1n) is 21.8. The second-order valence-corrected chi connectivity index (χ2v) is 18.2. The number of ether oxygens (including phenoxy) is 1. The highest BCUT2D eigenvalue weighted by atomic mass is 31.0. The van der Waals surface area contributed by atoms with Crippen molar-refractivity contribution in [2.45, 2.75) is 117 Å².